The molecule has 2 rings (SSSR count). The van der Waals surface area contributed by atoms with Crippen LogP contribution in [0.4, 0.5) is 0 Å². The largest absolute Gasteiger partial charge is 0.494 e. The van der Waals surface area contributed by atoms with Crippen molar-refractivity contribution in [2.75, 3.05) is 6.61 Å². The molecule has 1 aromatic rings. The lowest BCUT2D eigenvalue weighted by molar-refractivity contribution is 0.0954. The summed E-state index contributed by atoms with van der Waals surface area (Å²) in [6, 6.07) is 7.24. The monoisotopic (exact) mass is 316 g/mol. The third-order valence-electron chi connectivity index (χ3n) is 4.14. The van der Waals surface area contributed by atoms with Crippen LogP contribution in [-0.4, -0.2) is 18.2 Å². The van der Waals surface area contributed by atoms with Gasteiger partial charge in [-0.25, -0.2) is 5.43 Å². The fourth-order valence-corrected chi connectivity index (χ4v) is 2.67. The van der Waals surface area contributed by atoms with Crippen molar-refractivity contribution in [1.29, 1.82) is 0 Å². The lowest BCUT2D eigenvalue weighted by Gasteiger charge is -2.18. The third-order valence-corrected chi connectivity index (χ3v) is 4.14. The number of hydrogen-bond donors (Lipinski definition) is 1. The van der Waals surface area contributed by atoms with Gasteiger partial charge < -0.3 is 4.74 Å². The molecule has 4 heteroatoms. The quantitative estimate of drug-likeness (QED) is 0.790. The molecular formula is C19H28N2O2. The predicted molar refractivity (Wildman–Crippen MR) is 93.9 cm³/mol. The molecule has 0 aromatic heterocycles. The summed E-state index contributed by atoms with van der Waals surface area (Å²) >= 11 is 0. The Labute approximate surface area is 139 Å². The van der Waals surface area contributed by atoms with E-state index in [4.69, 9.17) is 4.74 Å². The molecule has 4 nitrogen and oxygen atoms in total. The highest BCUT2D eigenvalue weighted by Crippen LogP contribution is 2.21. The smallest absolute Gasteiger partial charge is 0.271 e. The summed E-state index contributed by atoms with van der Waals surface area (Å²) in [7, 11) is 0. The molecule has 0 unspecified atom stereocenters. The first-order valence-electron chi connectivity index (χ1n) is 8.63. The summed E-state index contributed by atoms with van der Waals surface area (Å²) in [4.78, 5) is 12.1. The second kappa shape index (κ2) is 8.70. The zero-order valence-corrected chi connectivity index (χ0v) is 14.5. The normalized spacial score (nSPS) is 19.8. The van der Waals surface area contributed by atoms with Gasteiger partial charge in [0.25, 0.3) is 5.91 Å². The summed E-state index contributed by atoms with van der Waals surface area (Å²) in [6.45, 7) is 7.28. The number of rotatable bonds is 6. The molecule has 1 saturated carbocycles. The van der Waals surface area contributed by atoms with Gasteiger partial charge in [0.1, 0.15) is 5.75 Å². The lowest BCUT2D eigenvalue weighted by atomic mass is 9.89. The van der Waals surface area contributed by atoms with Crippen molar-refractivity contribution in [2.24, 2.45) is 16.9 Å². The first kappa shape index (κ1) is 17.5. The SMILES string of the molecule is CC(C)CCOc1ccc(C(=O)N/N=C2/CCC[C@H](C)C2)cc1. The van der Waals surface area contributed by atoms with Crippen LogP contribution in [0.15, 0.2) is 29.4 Å². The molecule has 0 saturated heterocycles. The molecule has 1 aliphatic rings. The second-order valence-electron chi connectivity index (χ2n) is 6.88. The first-order valence-corrected chi connectivity index (χ1v) is 8.63. The number of carbonyl (C=O) groups excluding carboxylic acids is 1. The fraction of sp³-hybridized carbons (Fsp3) is 0.579. The maximum absolute atomic E-state index is 12.1. The number of nitrogens with one attached hydrogen (secondary N) is 1. The summed E-state index contributed by atoms with van der Waals surface area (Å²) in [6.07, 6.45) is 5.43. The fourth-order valence-electron chi connectivity index (χ4n) is 2.67. The van der Waals surface area contributed by atoms with Gasteiger partial charge >= 0.3 is 0 Å². The van der Waals surface area contributed by atoms with E-state index >= 15 is 0 Å². The van der Waals surface area contributed by atoms with Gasteiger partial charge in [0, 0.05) is 11.3 Å². The first-order chi connectivity index (χ1) is 11.0. The van der Waals surface area contributed by atoms with Crippen molar-refractivity contribution in [3.63, 3.8) is 0 Å². The molecule has 126 valence electrons. The lowest BCUT2D eigenvalue weighted by Crippen LogP contribution is -2.22. The van der Waals surface area contributed by atoms with E-state index in [0.717, 1.165) is 37.1 Å². The number of ether oxygens (including phenoxy) is 1. The minimum Gasteiger partial charge on any atom is -0.494 e. The number of benzene rings is 1. The molecule has 23 heavy (non-hydrogen) atoms. The number of amides is 1. The molecule has 1 fully saturated rings. The predicted octanol–water partition coefficient (Wildman–Crippen LogP) is 4.41. The molecule has 0 spiro atoms. The van der Waals surface area contributed by atoms with E-state index in [9.17, 15) is 4.79 Å². The number of hydrogen-bond acceptors (Lipinski definition) is 3. The van der Waals surface area contributed by atoms with E-state index in [1.807, 2.05) is 12.1 Å². The van der Waals surface area contributed by atoms with Crippen molar-refractivity contribution in [1.82, 2.24) is 5.43 Å². The van der Waals surface area contributed by atoms with Crippen LogP contribution in [-0.2, 0) is 0 Å². The molecule has 0 aliphatic heterocycles. The van der Waals surface area contributed by atoms with Crippen molar-refractivity contribution in [2.45, 2.75) is 52.9 Å². The van der Waals surface area contributed by atoms with Crippen molar-refractivity contribution in [3.05, 3.63) is 29.8 Å². The molecule has 0 bridgehead atoms. The van der Waals surface area contributed by atoms with Crippen molar-refractivity contribution < 1.29 is 9.53 Å². The van der Waals surface area contributed by atoms with Crippen LogP contribution < -0.4 is 10.2 Å². The summed E-state index contributed by atoms with van der Waals surface area (Å²) in [5, 5.41) is 4.29. The Bertz CT molecular complexity index is 535. The van der Waals surface area contributed by atoms with Gasteiger partial charge in [-0.3, -0.25) is 4.79 Å². The Morgan fingerprint density at radius 3 is 2.74 bits per heavy atom. The van der Waals surface area contributed by atoms with Gasteiger partial charge in [-0.05, 0) is 68.2 Å². The van der Waals surface area contributed by atoms with Crippen LogP contribution in [0.1, 0.15) is 63.2 Å². The van der Waals surface area contributed by atoms with Gasteiger partial charge in [0.05, 0.1) is 6.61 Å². The summed E-state index contributed by atoms with van der Waals surface area (Å²) in [5.41, 5.74) is 4.38. The Hall–Kier alpha value is -1.84. The van der Waals surface area contributed by atoms with Crippen LogP contribution in [0.2, 0.25) is 0 Å². The van der Waals surface area contributed by atoms with E-state index in [-0.39, 0.29) is 5.91 Å². The van der Waals surface area contributed by atoms with Crippen molar-refractivity contribution in [3.8, 4) is 5.75 Å². The molecule has 1 aromatic carbocycles. The Morgan fingerprint density at radius 1 is 1.35 bits per heavy atom. The molecular weight excluding hydrogens is 288 g/mol. The van der Waals surface area contributed by atoms with Gasteiger partial charge in [0.2, 0.25) is 0 Å². The Kier molecular flexibility index (Phi) is 6.63. The number of carbonyl (C=O) groups is 1. The molecule has 0 radical (unpaired) electrons. The van der Waals surface area contributed by atoms with Gasteiger partial charge in [-0.1, -0.05) is 20.8 Å². The topological polar surface area (TPSA) is 50.7 Å². The average molecular weight is 316 g/mol. The van der Waals surface area contributed by atoms with Gasteiger partial charge in [-0.15, -0.1) is 0 Å². The van der Waals surface area contributed by atoms with Crippen molar-refractivity contribution >= 4 is 11.6 Å². The minimum atomic E-state index is -0.163. The van der Waals surface area contributed by atoms with Gasteiger partial charge in [0.15, 0.2) is 0 Å². The molecule has 1 atom stereocenters. The van der Waals surface area contributed by atoms with Crippen LogP contribution >= 0.6 is 0 Å². The maximum atomic E-state index is 12.1. The standard InChI is InChI=1S/C19H28N2O2/c1-14(2)11-12-23-18-9-7-16(8-10-18)19(22)21-20-17-6-4-5-15(3)13-17/h7-10,14-15H,4-6,11-13H2,1-3H3,(H,21,22)/b20-17-/t15-/m0/s1. The molecule has 1 aliphatic carbocycles. The van der Waals surface area contributed by atoms with E-state index in [2.05, 4.69) is 31.3 Å². The van der Waals surface area contributed by atoms with Crippen LogP contribution in [0.3, 0.4) is 0 Å². The van der Waals surface area contributed by atoms with Crippen LogP contribution in [0, 0.1) is 11.8 Å². The number of nitrogens with zero attached hydrogens (tertiary/aromatic N) is 1. The average Bonchev–Trinajstić information content (AvgIpc) is 2.53. The summed E-state index contributed by atoms with van der Waals surface area (Å²) in [5.74, 6) is 1.93. The highest BCUT2D eigenvalue weighted by atomic mass is 16.5. The Morgan fingerprint density at radius 2 is 2.09 bits per heavy atom. The van der Waals surface area contributed by atoms with Gasteiger partial charge in [-0.2, -0.15) is 5.10 Å². The molecule has 1 N–H and O–H groups in total. The highest BCUT2D eigenvalue weighted by Gasteiger charge is 2.14. The zero-order chi connectivity index (χ0) is 16.7. The zero-order valence-electron chi connectivity index (χ0n) is 14.5. The van der Waals surface area contributed by atoms with Crippen LogP contribution in [0.25, 0.3) is 0 Å². The van der Waals surface area contributed by atoms with E-state index < -0.39 is 0 Å². The third kappa shape index (κ3) is 6.05. The van der Waals surface area contributed by atoms with Crippen LogP contribution in [0.5, 0.6) is 5.75 Å². The molecule has 0 heterocycles. The second-order valence-corrected chi connectivity index (χ2v) is 6.88. The maximum Gasteiger partial charge on any atom is 0.271 e. The molecule has 1 amide bonds. The highest BCUT2D eigenvalue weighted by molar-refractivity contribution is 5.95. The number of hydrazone groups is 1. The Balaban J connectivity index is 1.84. The minimum absolute atomic E-state index is 0.163. The van der Waals surface area contributed by atoms with E-state index in [0.29, 0.717) is 24.0 Å². The summed E-state index contributed by atoms with van der Waals surface area (Å²) < 4.78 is 5.66. The van der Waals surface area contributed by atoms with E-state index in [1.54, 1.807) is 12.1 Å². The van der Waals surface area contributed by atoms with E-state index in [1.165, 1.54) is 6.42 Å².